The highest BCUT2D eigenvalue weighted by Gasteiger charge is 2.32. The molecule has 4 amide bonds. The smallest absolute Gasteiger partial charge is 0.321 e. The van der Waals surface area contributed by atoms with Crippen LogP contribution in [0.5, 0.6) is 17.2 Å². The monoisotopic (exact) mass is 594 g/mol. The molecule has 43 heavy (non-hydrogen) atoms. The van der Waals surface area contributed by atoms with Gasteiger partial charge in [0.2, 0.25) is 18.6 Å². The zero-order chi connectivity index (χ0) is 30.5. The summed E-state index contributed by atoms with van der Waals surface area (Å²) in [7, 11) is 1.69. The summed E-state index contributed by atoms with van der Waals surface area (Å²) in [5, 5.41) is 15.8. The number of carbonyl (C=O) groups excluding carboxylic acids is 3. The SMILES string of the molecule is C[C@@H]1CN([C@@H](C)CO)C(=O)Cc2cc(NC(=O)C3CCCCC3)ccc2O[C@@H]1CN(C)C(=O)Nc1ccc2c(c1)OCO2. The zero-order valence-corrected chi connectivity index (χ0v) is 25.1. The van der Waals surface area contributed by atoms with Crippen LogP contribution in [-0.4, -0.2) is 78.4 Å². The predicted octanol–water partition coefficient (Wildman–Crippen LogP) is 4.25. The highest BCUT2D eigenvalue weighted by Crippen LogP contribution is 2.34. The van der Waals surface area contributed by atoms with E-state index in [9.17, 15) is 19.5 Å². The first-order chi connectivity index (χ1) is 20.7. The second-order valence-corrected chi connectivity index (χ2v) is 11.9. The summed E-state index contributed by atoms with van der Waals surface area (Å²) in [4.78, 5) is 42.8. The van der Waals surface area contributed by atoms with E-state index in [1.54, 1.807) is 53.2 Å². The summed E-state index contributed by atoms with van der Waals surface area (Å²) >= 11 is 0. The average Bonchev–Trinajstić information content (AvgIpc) is 3.49. The van der Waals surface area contributed by atoms with Crippen LogP contribution in [0.2, 0.25) is 0 Å². The maximum absolute atomic E-state index is 13.5. The fourth-order valence-electron chi connectivity index (χ4n) is 5.88. The molecular formula is C32H42N4O7. The van der Waals surface area contributed by atoms with E-state index in [0.717, 1.165) is 25.7 Å². The van der Waals surface area contributed by atoms with Crippen molar-refractivity contribution in [2.45, 2.75) is 64.5 Å². The number of aliphatic hydroxyl groups excluding tert-OH is 1. The molecule has 232 valence electrons. The van der Waals surface area contributed by atoms with Crippen LogP contribution in [0.3, 0.4) is 0 Å². The molecule has 2 heterocycles. The number of amides is 4. The van der Waals surface area contributed by atoms with Crippen molar-refractivity contribution in [1.29, 1.82) is 0 Å². The van der Waals surface area contributed by atoms with Gasteiger partial charge in [0.1, 0.15) is 11.9 Å². The van der Waals surface area contributed by atoms with Crippen molar-refractivity contribution in [1.82, 2.24) is 9.80 Å². The predicted molar refractivity (Wildman–Crippen MR) is 161 cm³/mol. The fourth-order valence-corrected chi connectivity index (χ4v) is 5.88. The summed E-state index contributed by atoms with van der Waals surface area (Å²) in [5.41, 5.74) is 1.84. The van der Waals surface area contributed by atoms with Crippen molar-refractivity contribution in [2.24, 2.45) is 11.8 Å². The maximum atomic E-state index is 13.5. The summed E-state index contributed by atoms with van der Waals surface area (Å²) in [6.45, 7) is 4.35. The van der Waals surface area contributed by atoms with Crippen LogP contribution in [0.4, 0.5) is 16.2 Å². The number of hydrogen-bond acceptors (Lipinski definition) is 7. The van der Waals surface area contributed by atoms with E-state index in [2.05, 4.69) is 10.6 Å². The van der Waals surface area contributed by atoms with Gasteiger partial charge in [-0.1, -0.05) is 26.2 Å². The lowest BCUT2D eigenvalue weighted by Crippen LogP contribution is -2.48. The number of aliphatic hydroxyl groups is 1. The quantitative estimate of drug-likeness (QED) is 0.437. The average molecular weight is 595 g/mol. The molecule has 11 heteroatoms. The van der Waals surface area contributed by atoms with Crippen molar-refractivity contribution in [3.05, 3.63) is 42.0 Å². The van der Waals surface area contributed by atoms with Gasteiger partial charge in [-0.15, -0.1) is 0 Å². The second kappa shape index (κ2) is 13.5. The molecule has 2 aliphatic heterocycles. The van der Waals surface area contributed by atoms with Gasteiger partial charge in [-0.3, -0.25) is 9.59 Å². The van der Waals surface area contributed by atoms with Gasteiger partial charge in [0.25, 0.3) is 0 Å². The number of hydrogen-bond donors (Lipinski definition) is 3. The van der Waals surface area contributed by atoms with Crippen molar-refractivity contribution in [2.75, 3.05) is 44.2 Å². The van der Waals surface area contributed by atoms with Crippen LogP contribution in [0, 0.1) is 11.8 Å². The van der Waals surface area contributed by atoms with Gasteiger partial charge < -0.3 is 39.8 Å². The number of carbonyl (C=O) groups is 3. The normalized spacial score (nSPS) is 21.0. The second-order valence-electron chi connectivity index (χ2n) is 11.9. The molecule has 3 atom stereocenters. The van der Waals surface area contributed by atoms with E-state index >= 15 is 0 Å². The molecule has 2 aromatic carbocycles. The van der Waals surface area contributed by atoms with Gasteiger partial charge in [-0.2, -0.15) is 0 Å². The molecule has 3 N–H and O–H groups in total. The Kier molecular flexibility index (Phi) is 9.59. The van der Waals surface area contributed by atoms with Crippen molar-refractivity contribution < 1.29 is 33.7 Å². The Hall–Kier alpha value is -3.99. The standard InChI is InChI=1S/C32H42N4O7/c1-20-16-36(21(2)18-37)30(38)14-23-13-24(33-31(39)22-7-5-4-6-8-22)9-11-26(23)43-29(20)17-35(3)32(40)34-25-10-12-27-28(15-25)42-19-41-27/h9-13,15,20-22,29,37H,4-8,14,16-19H2,1-3H3,(H,33,39)(H,34,40)/t20-,21+,29-/m1/s1. The van der Waals surface area contributed by atoms with E-state index < -0.39 is 12.1 Å². The van der Waals surface area contributed by atoms with Gasteiger partial charge in [0.15, 0.2) is 11.5 Å². The summed E-state index contributed by atoms with van der Waals surface area (Å²) in [6, 6.07) is 9.89. The largest absolute Gasteiger partial charge is 0.488 e. The number of rotatable bonds is 7. The minimum absolute atomic E-state index is 0.00214. The molecule has 0 radical (unpaired) electrons. The molecule has 5 rings (SSSR count). The zero-order valence-electron chi connectivity index (χ0n) is 25.1. The Morgan fingerprint density at radius 2 is 1.72 bits per heavy atom. The topological polar surface area (TPSA) is 130 Å². The molecule has 1 saturated carbocycles. The lowest BCUT2D eigenvalue weighted by molar-refractivity contribution is -0.134. The minimum atomic E-state index is -0.465. The Morgan fingerprint density at radius 1 is 1.02 bits per heavy atom. The Labute approximate surface area is 252 Å². The number of ether oxygens (including phenoxy) is 3. The number of nitrogens with zero attached hydrogens (tertiary/aromatic N) is 2. The molecule has 0 spiro atoms. The lowest BCUT2D eigenvalue weighted by atomic mass is 9.88. The third kappa shape index (κ3) is 7.33. The molecule has 0 bridgehead atoms. The van der Waals surface area contributed by atoms with Crippen LogP contribution in [0.25, 0.3) is 0 Å². The summed E-state index contributed by atoms with van der Waals surface area (Å²) < 4.78 is 17.3. The van der Waals surface area contributed by atoms with Crippen molar-refractivity contribution in [3.8, 4) is 17.2 Å². The van der Waals surface area contributed by atoms with Crippen LogP contribution in [-0.2, 0) is 16.0 Å². The Balaban J connectivity index is 1.34. The first-order valence-electron chi connectivity index (χ1n) is 15.1. The summed E-state index contributed by atoms with van der Waals surface area (Å²) in [6.07, 6.45) is 4.67. The third-order valence-electron chi connectivity index (χ3n) is 8.58. The van der Waals surface area contributed by atoms with Crippen LogP contribution < -0.4 is 24.8 Å². The third-order valence-corrected chi connectivity index (χ3v) is 8.58. The van der Waals surface area contributed by atoms with Crippen molar-refractivity contribution >= 4 is 29.2 Å². The first-order valence-corrected chi connectivity index (χ1v) is 15.1. The summed E-state index contributed by atoms with van der Waals surface area (Å²) in [5.74, 6) is 1.44. The molecule has 1 fully saturated rings. The van der Waals surface area contributed by atoms with Gasteiger partial charge in [-0.25, -0.2) is 4.79 Å². The molecular weight excluding hydrogens is 552 g/mol. The van der Waals surface area contributed by atoms with E-state index in [4.69, 9.17) is 14.2 Å². The molecule has 3 aliphatic rings. The van der Waals surface area contributed by atoms with Crippen molar-refractivity contribution in [3.63, 3.8) is 0 Å². The van der Waals surface area contributed by atoms with E-state index in [1.807, 2.05) is 13.8 Å². The molecule has 1 aliphatic carbocycles. The van der Waals surface area contributed by atoms with E-state index in [1.165, 1.54) is 6.42 Å². The number of likely N-dealkylation sites (N-methyl/N-ethyl adjacent to an activating group) is 1. The van der Waals surface area contributed by atoms with E-state index in [0.29, 0.717) is 40.7 Å². The fraction of sp³-hybridized carbons (Fsp3) is 0.531. The number of anilines is 2. The number of fused-ring (bicyclic) bond motifs is 2. The van der Waals surface area contributed by atoms with Gasteiger partial charge >= 0.3 is 6.03 Å². The maximum Gasteiger partial charge on any atom is 0.321 e. The van der Waals surface area contributed by atoms with Gasteiger partial charge in [0.05, 0.1) is 25.6 Å². The van der Waals surface area contributed by atoms with E-state index in [-0.39, 0.29) is 56.0 Å². The highest BCUT2D eigenvalue weighted by atomic mass is 16.7. The Morgan fingerprint density at radius 3 is 2.47 bits per heavy atom. The molecule has 2 aromatic rings. The minimum Gasteiger partial charge on any atom is -0.488 e. The molecule has 0 saturated heterocycles. The molecule has 0 unspecified atom stereocenters. The first kappa shape index (κ1) is 30.5. The van der Waals surface area contributed by atoms with Crippen LogP contribution in [0.1, 0.15) is 51.5 Å². The number of nitrogens with one attached hydrogen (secondary N) is 2. The van der Waals surface area contributed by atoms with Gasteiger partial charge in [-0.05, 0) is 50.1 Å². The number of urea groups is 1. The van der Waals surface area contributed by atoms with Crippen LogP contribution >= 0.6 is 0 Å². The van der Waals surface area contributed by atoms with Crippen LogP contribution in [0.15, 0.2) is 36.4 Å². The van der Waals surface area contributed by atoms with Gasteiger partial charge in [0, 0.05) is 48.4 Å². The lowest BCUT2D eigenvalue weighted by Gasteiger charge is -2.34. The molecule has 11 nitrogen and oxygen atoms in total. The Bertz CT molecular complexity index is 1330. The molecule has 0 aromatic heterocycles. The number of benzene rings is 2. The highest BCUT2D eigenvalue weighted by molar-refractivity contribution is 5.93.